The lowest BCUT2D eigenvalue weighted by atomic mass is 9.89. The van der Waals surface area contributed by atoms with Gasteiger partial charge in [-0.05, 0) is 38.0 Å². The highest BCUT2D eigenvalue weighted by atomic mass is 35.5. The van der Waals surface area contributed by atoms with E-state index < -0.39 is 10.0 Å². The van der Waals surface area contributed by atoms with Crippen LogP contribution in [-0.2, 0) is 14.8 Å². The number of nitrogens with one attached hydrogen (secondary N) is 1. The number of halogens is 1. The van der Waals surface area contributed by atoms with Gasteiger partial charge in [-0.25, -0.2) is 13.6 Å². The van der Waals surface area contributed by atoms with Crippen molar-refractivity contribution in [3.63, 3.8) is 0 Å². The third-order valence-electron chi connectivity index (χ3n) is 3.29. The summed E-state index contributed by atoms with van der Waals surface area (Å²) in [6.07, 6.45) is 1.68. The van der Waals surface area contributed by atoms with Gasteiger partial charge in [0.25, 0.3) is 5.91 Å². The van der Waals surface area contributed by atoms with Crippen molar-refractivity contribution in [2.24, 2.45) is 5.14 Å². The summed E-state index contributed by atoms with van der Waals surface area (Å²) in [4.78, 5) is 11.9. The first-order valence-electron chi connectivity index (χ1n) is 6.55. The van der Waals surface area contributed by atoms with Crippen molar-refractivity contribution in [2.75, 3.05) is 6.61 Å². The van der Waals surface area contributed by atoms with Crippen molar-refractivity contribution in [3.05, 3.63) is 28.8 Å². The lowest BCUT2D eigenvalue weighted by Crippen LogP contribution is -2.47. The van der Waals surface area contributed by atoms with E-state index in [1.54, 1.807) is 0 Å². The molecule has 1 saturated carbocycles. The third kappa shape index (κ3) is 4.16. The van der Waals surface area contributed by atoms with Crippen molar-refractivity contribution in [1.29, 1.82) is 0 Å². The predicted octanol–water partition coefficient (Wildman–Crippen LogP) is 1.28. The molecule has 1 aromatic rings. The third-order valence-corrected chi connectivity index (χ3v) is 4.41. The molecular weight excluding hydrogens is 316 g/mol. The zero-order valence-electron chi connectivity index (χ0n) is 11.5. The number of sulfonamides is 1. The van der Waals surface area contributed by atoms with Gasteiger partial charge in [-0.2, -0.15) is 0 Å². The summed E-state index contributed by atoms with van der Waals surface area (Å²) < 4.78 is 28.1. The number of amides is 1. The van der Waals surface area contributed by atoms with E-state index in [0.29, 0.717) is 6.61 Å². The summed E-state index contributed by atoms with van der Waals surface area (Å²) in [5, 5.41) is 8.01. The summed E-state index contributed by atoms with van der Waals surface area (Å²) in [5.74, 6) is -0.373. The normalized spacial score (nSPS) is 21.7. The van der Waals surface area contributed by atoms with Gasteiger partial charge < -0.3 is 10.1 Å². The topological polar surface area (TPSA) is 98.5 Å². The zero-order chi connectivity index (χ0) is 15.6. The van der Waals surface area contributed by atoms with Crippen molar-refractivity contribution in [1.82, 2.24) is 5.32 Å². The molecule has 6 nitrogen and oxygen atoms in total. The van der Waals surface area contributed by atoms with Gasteiger partial charge in [-0.3, -0.25) is 4.79 Å². The van der Waals surface area contributed by atoms with Gasteiger partial charge >= 0.3 is 0 Å². The largest absolute Gasteiger partial charge is 0.378 e. The Morgan fingerprint density at radius 2 is 2.10 bits per heavy atom. The molecule has 1 aliphatic carbocycles. The second kappa shape index (κ2) is 6.31. The average molecular weight is 333 g/mol. The Kier molecular flexibility index (Phi) is 4.88. The monoisotopic (exact) mass is 332 g/mol. The molecule has 1 amide bonds. The molecule has 0 bridgehead atoms. The fraction of sp³-hybridized carbons (Fsp3) is 0.462. The Hall–Kier alpha value is -1.15. The molecule has 1 aliphatic rings. The van der Waals surface area contributed by atoms with Crippen molar-refractivity contribution in [3.8, 4) is 0 Å². The molecule has 8 heteroatoms. The predicted molar refractivity (Wildman–Crippen MR) is 78.7 cm³/mol. The molecule has 0 radical (unpaired) electrons. The molecule has 116 valence electrons. The lowest BCUT2D eigenvalue weighted by molar-refractivity contribution is -0.00862. The second-order valence-electron chi connectivity index (χ2n) is 4.94. The van der Waals surface area contributed by atoms with Crippen LogP contribution in [0.3, 0.4) is 0 Å². The Labute approximate surface area is 128 Å². The van der Waals surface area contributed by atoms with E-state index in [1.807, 2.05) is 6.92 Å². The lowest BCUT2D eigenvalue weighted by Gasteiger charge is -2.35. The Balaban J connectivity index is 2.05. The van der Waals surface area contributed by atoms with Gasteiger partial charge in [-0.15, -0.1) is 0 Å². The first kappa shape index (κ1) is 16.2. The van der Waals surface area contributed by atoms with Crippen LogP contribution in [0.25, 0.3) is 0 Å². The maximum absolute atomic E-state index is 12.1. The highest BCUT2D eigenvalue weighted by molar-refractivity contribution is 7.89. The number of carbonyl (C=O) groups is 1. The molecule has 0 unspecified atom stereocenters. The number of primary sulfonamides is 1. The molecule has 21 heavy (non-hydrogen) atoms. The van der Waals surface area contributed by atoms with Gasteiger partial charge in [0.15, 0.2) is 0 Å². The van der Waals surface area contributed by atoms with E-state index in [4.69, 9.17) is 21.5 Å². The van der Waals surface area contributed by atoms with Gasteiger partial charge in [0.1, 0.15) is 0 Å². The number of benzene rings is 1. The summed E-state index contributed by atoms with van der Waals surface area (Å²) in [6.45, 7) is 2.57. The van der Waals surface area contributed by atoms with Crippen LogP contribution in [0.15, 0.2) is 23.1 Å². The first-order chi connectivity index (χ1) is 9.79. The van der Waals surface area contributed by atoms with Crippen LogP contribution in [0.2, 0.25) is 5.02 Å². The fourth-order valence-corrected chi connectivity index (χ4v) is 3.06. The molecular formula is C13H17ClN2O4S. The molecule has 0 atom stereocenters. The van der Waals surface area contributed by atoms with E-state index in [1.165, 1.54) is 18.2 Å². The Morgan fingerprint density at radius 3 is 2.67 bits per heavy atom. The average Bonchev–Trinajstić information content (AvgIpc) is 2.34. The van der Waals surface area contributed by atoms with Crippen LogP contribution in [0.5, 0.6) is 0 Å². The van der Waals surface area contributed by atoms with Crippen LogP contribution < -0.4 is 10.5 Å². The number of nitrogens with two attached hydrogens (primary N) is 1. The molecule has 1 fully saturated rings. The number of hydrogen-bond donors (Lipinski definition) is 2. The van der Waals surface area contributed by atoms with Crippen LogP contribution >= 0.6 is 11.6 Å². The Bertz CT molecular complexity index is 642. The summed E-state index contributed by atoms with van der Waals surface area (Å²) in [7, 11) is -3.90. The molecule has 3 N–H and O–H groups in total. The van der Waals surface area contributed by atoms with Gasteiger partial charge in [0.2, 0.25) is 10.0 Å². The number of ether oxygens (including phenoxy) is 1. The van der Waals surface area contributed by atoms with E-state index in [-0.39, 0.29) is 33.5 Å². The van der Waals surface area contributed by atoms with Crippen LogP contribution in [-0.4, -0.2) is 33.1 Å². The Morgan fingerprint density at radius 1 is 1.43 bits per heavy atom. The minimum atomic E-state index is -3.90. The molecule has 0 aliphatic heterocycles. The van der Waals surface area contributed by atoms with E-state index in [9.17, 15) is 13.2 Å². The smallest absolute Gasteiger partial charge is 0.251 e. The van der Waals surface area contributed by atoms with E-state index in [0.717, 1.165) is 12.8 Å². The molecule has 0 heterocycles. The van der Waals surface area contributed by atoms with Gasteiger partial charge in [-0.1, -0.05) is 11.6 Å². The molecule has 0 saturated heterocycles. The SMILES string of the molecule is CCOC1CC(NC(=O)c2cc(Cl)cc(S(N)(=O)=O)c2)C1. The summed E-state index contributed by atoms with van der Waals surface area (Å²) in [5.41, 5.74) is 0.173. The van der Waals surface area contributed by atoms with Crippen molar-refractivity contribution < 1.29 is 17.9 Å². The first-order valence-corrected chi connectivity index (χ1v) is 8.48. The molecule has 1 aromatic carbocycles. The highest BCUT2D eigenvalue weighted by Crippen LogP contribution is 2.24. The number of hydrogen-bond acceptors (Lipinski definition) is 4. The van der Waals surface area contributed by atoms with Crippen LogP contribution in [0, 0.1) is 0 Å². The highest BCUT2D eigenvalue weighted by Gasteiger charge is 2.31. The number of rotatable bonds is 5. The maximum atomic E-state index is 12.1. The van der Waals surface area contributed by atoms with Crippen LogP contribution in [0.1, 0.15) is 30.1 Å². The van der Waals surface area contributed by atoms with E-state index in [2.05, 4.69) is 5.32 Å². The standard InChI is InChI=1S/C13H17ClN2O4S/c1-2-20-11-6-10(7-11)16-13(17)8-3-9(14)5-12(4-8)21(15,18)19/h3-5,10-11H,2,6-7H2,1H3,(H,16,17)(H2,15,18,19). The molecule has 0 spiro atoms. The summed E-state index contributed by atoms with van der Waals surface area (Å²) in [6, 6.07) is 3.87. The second-order valence-corrected chi connectivity index (χ2v) is 6.94. The minimum Gasteiger partial charge on any atom is -0.378 e. The van der Waals surface area contributed by atoms with Crippen LogP contribution in [0.4, 0.5) is 0 Å². The van der Waals surface area contributed by atoms with Crippen molar-refractivity contribution in [2.45, 2.75) is 36.8 Å². The van der Waals surface area contributed by atoms with E-state index >= 15 is 0 Å². The van der Waals surface area contributed by atoms with Gasteiger partial charge in [0, 0.05) is 23.2 Å². The number of carbonyl (C=O) groups excluding carboxylic acids is 1. The zero-order valence-corrected chi connectivity index (χ0v) is 13.1. The van der Waals surface area contributed by atoms with Gasteiger partial charge in [0.05, 0.1) is 11.0 Å². The van der Waals surface area contributed by atoms with Crippen molar-refractivity contribution >= 4 is 27.5 Å². The summed E-state index contributed by atoms with van der Waals surface area (Å²) >= 11 is 5.83. The molecule has 0 aromatic heterocycles. The fourth-order valence-electron chi connectivity index (χ4n) is 2.18. The molecule has 2 rings (SSSR count). The quantitative estimate of drug-likeness (QED) is 0.848. The maximum Gasteiger partial charge on any atom is 0.251 e. The minimum absolute atomic E-state index is 0.0333.